The highest BCUT2D eigenvalue weighted by Crippen LogP contribution is 2.14. The Kier molecular flexibility index (Phi) is 7.33. The second-order valence-corrected chi connectivity index (χ2v) is 4.91. The van der Waals surface area contributed by atoms with Crippen LogP contribution in [0.5, 0.6) is 0 Å². The summed E-state index contributed by atoms with van der Waals surface area (Å²) in [6.07, 6.45) is 0.496. The van der Waals surface area contributed by atoms with E-state index >= 15 is 0 Å². The van der Waals surface area contributed by atoms with E-state index in [1.807, 2.05) is 0 Å². The van der Waals surface area contributed by atoms with Crippen LogP contribution >= 0.6 is 0 Å². The molecule has 5 heteroatoms. The number of hydrogen-bond acceptors (Lipinski definition) is 3. The van der Waals surface area contributed by atoms with Gasteiger partial charge in [-0.05, 0) is 32.4 Å². The first-order valence-electron chi connectivity index (χ1n) is 7.22. The first-order valence-corrected chi connectivity index (χ1v) is 7.22. The van der Waals surface area contributed by atoms with Crippen LogP contribution in [0.15, 0.2) is 6.07 Å². The van der Waals surface area contributed by atoms with Gasteiger partial charge in [0.15, 0.2) is 0 Å². The Morgan fingerprint density at radius 3 is 2.70 bits per heavy atom. The number of carbonyl (C=O) groups is 1. The number of carbonyl (C=O) groups excluding carboxylic acids is 1. The van der Waals surface area contributed by atoms with E-state index in [-0.39, 0.29) is 5.91 Å². The number of aromatic nitrogens is 1. The Morgan fingerprint density at radius 1 is 1.35 bits per heavy atom. The lowest BCUT2D eigenvalue weighted by Crippen LogP contribution is -2.30. The maximum Gasteiger partial charge on any atom is 0.221 e. The van der Waals surface area contributed by atoms with Crippen LogP contribution in [0.25, 0.3) is 0 Å². The zero-order valence-electron chi connectivity index (χ0n) is 13.1. The molecule has 0 spiro atoms. The summed E-state index contributed by atoms with van der Waals surface area (Å²) in [7, 11) is 1.63. The van der Waals surface area contributed by atoms with E-state index in [2.05, 4.69) is 42.0 Å². The van der Waals surface area contributed by atoms with Crippen molar-refractivity contribution in [3.05, 3.63) is 23.0 Å². The number of aryl methyl sites for hydroxylation is 1. The van der Waals surface area contributed by atoms with Gasteiger partial charge in [0.05, 0.1) is 6.61 Å². The Morgan fingerprint density at radius 2 is 2.10 bits per heavy atom. The van der Waals surface area contributed by atoms with E-state index in [9.17, 15) is 4.79 Å². The molecule has 1 aromatic rings. The van der Waals surface area contributed by atoms with Crippen LogP contribution < -0.4 is 10.6 Å². The van der Waals surface area contributed by atoms with E-state index in [1.165, 1.54) is 17.0 Å². The molecule has 1 aromatic heterocycles. The predicted molar refractivity (Wildman–Crippen MR) is 80.8 cm³/mol. The molecule has 0 bridgehead atoms. The van der Waals surface area contributed by atoms with Gasteiger partial charge in [-0.1, -0.05) is 0 Å². The molecule has 0 saturated heterocycles. The highest BCUT2D eigenvalue weighted by atomic mass is 16.5. The third-order valence-corrected chi connectivity index (χ3v) is 3.47. The largest absolute Gasteiger partial charge is 0.383 e. The quantitative estimate of drug-likeness (QED) is 0.672. The fourth-order valence-corrected chi connectivity index (χ4v) is 2.34. The van der Waals surface area contributed by atoms with Gasteiger partial charge in [-0.25, -0.2) is 0 Å². The van der Waals surface area contributed by atoms with E-state index in [0.717, 1.165) is 13.1 Å². The topological polar surface area (TPSA) is 55.3 Å². The number of methoxy groups -OCH3 is 1. The van der Waals surface area contributed by atoms with Gasteiger partial charge in [0, 0.05) is 51.1 Å². The molecule has 0 atom stereocenters. The summed E-state index contributed by atoms with van der Waals surface area (Å²) in [5.74, 6) is 0.0635. The Bertz CT molecular complexity index is 427. The molecule has 1 amide bonds. The summed E-state index contributed by atoms with van der Waals surface area (Å²) in [5.41, 5.74) is 3.91. The van der Waals surface area contributed by atoms with Gasteiger partial charge in [0.25, 0.3) is 0 Å². The molecule has 1 heterocycles. The number of amides is 1. The Balaban J connectivity index is 2.26. The maximum atomic E-state index is 11.5. The number of hydrogen-bond donors (Lipinski definition) is 2. The molecule has 0 saturated carbocycles. The number of nitrogens with one attached hydrogen (secondary N) is 2. The predicted octanol–water partition coefficient (Wildman–Crippen LogP) is 1.37. The molecule has 0 fully saturated rings. The summed E-state index contributed by atoms with van der Waals surface area (Å²) in [6.45, 7) is 10.1. The molecule has 20 heavy (non-hydrogen) atoms. The van der Waals surface area contributed by atoms with Gasteiger partial charge in [-0.15, -0.1) is 0 Å². The van der Waals surface area contributed by atoms with Gasteiger partial charge < -0.3 is 19.9 Å². The van der Waals surface area contributed by atoms with Crippen molar-refractivity contribution in [2.75, 3.05) is 26.8 Å². The Labute approximate surface area is 121 Å². The SMILES string of the molecule is CCn1c(C)cc(CNCCC(=O)NCCOC)c1C. The van der Waals surface area contributed by atoms with Crippen LogP contribution in [0.3, 0.4) is 0 Å². The van der Waals surface area contributed by atoms with Crippen molar-refractivity contribution in [3.8, 4) is 0 Å². The molecule has 1 rings (SSSR count). The van der Waals surface area contributed by atoms with Crippen LogP contribution in [0, 0.1) is 13.8 Å². The number of nitrogens with zero attached hydrogens (tertiary/aromatic N) is 1. The lowest BCUT2D eigenvalue weighted by molar-refractivity contribution is -0.121. The third kappa shape index (κ3) is 4.98. The molecule has 114 valence electrons. The normalized spacial score (nSPS) is 10.8. The lowest BCUT2D eigenvalue weighted by Gasteiger charge is -2.08. The van der Waals surface area contributed by atoms with Crippen LogP contribution in [0.4, 0.5) is 0 Å². The summed E-state index contributed by atoms with van der Waals surface area (Å²) in [6, 6.07) is 2.21. The first-order chi connectivity index (χ1) is 9.60. The number of ether oxygens (including phenoxy) is 1. The van der Waals surface area contributed by atoms with E-state index in [1.54, 1.807) is 7.11 Å². The van der Waals surface area contributed by atoms with Crippen molar-refractivity contribution in [1.29, 1.82) is 0 Å². The fourth-order valence-electron chi connectivity index (χ4n) is 2.34. The second-order valence-electron chi connectivity index (χ2n) is 4.91. The van der Waals surface area contributed by atoms with Crippen molar-refractivity contribution in [2.45, 2.75) is 40.3 Å². The molecule has 5 nitrogen and oxygen atoms in total. The molecule has 0 aliphatic carbocycles. The average molecular weight is 281 g/mol. The third-order valence-electron chi connectivity index (χ3n) is 3.47. The lowest BCUT2D eigenvalue weighted by atomic mass is 10.2. The zero-order valence-corrected chi connectivity index (χ0v) is 13.1. The minimum absolute atomic E-state index is 0.0635. The molecular weight excluding hydrogens is 254 g/mol. The highest BCUT2D eigenvalue weighted by Gasteiger charge is 2.07. The molecule has 0 radical (unpaired) electrons. The molecule has 0 unspecified atom stereocenters. The van der Waals surface area contributed by atoms with Crippen LogP contribution in [-0.4, -0.2) is 37.3 Å². The van der Waals surface area contributed by atoms with Gasteiger partial charge in [0.1, 0.15) is 0 Å². The van der Waals surface area contributed by atoms with E-state index in [0.29, 0.717) is 26.1 Å². The number of rotatable bonds is 9. The molecule has 0 aliphatic rings. The zero-order chi connectivity index (χ0) is 15.0. The minimum Gasteiger partial charge on any atom is -0.383 e. The summed E-state index contributed by atoms with van der Waals surface area (Å²) >= 11 is 0. The van der Waals surface area contributed by atoms with Crippen molar-refractivity contribution in [2.24, 2.45) is 0 Å². The van der Waals surface area contributed by atoms with Crippen LogP contribution in [0.1, 0.15) is 30.3 Å². The van der Waals surface area contributed by atoms with Gasteiger partial charge >= 0.3 is 0 Å². The van der Waals surface area contributed by atoms with Gasteiger partial charge in [-0.2, -0.15) is 0 Å². The molecule has 2 N–H and O–H groups in total. The van der Waals surface area contributed by atoms with Crippen LogP contribution in [-0.2, 0) is 22.6 Å². The summed E-state index contributed by atoms with van der Waals surface area (Å²) in [5, 5.41) is 6.13. The smallest absolute Gasteiger partial charge is 0.221 e. The van der Waals surface area contributed by atoms with E-state index in [4.69, 9.17) is 4.74 Å². The van der Waals surface area contributed by atoms with Crippen molar-refractivity contribution < 1.29 is 9.53 Å². The molecule has 0 aromatic carbocycles. The maximum absolute atomic E-state index is 11.5. The standard InChI is InChI=1S/C15H27N3O2/c1-5-18-12(2)10-14(13(18)3)11-16-7-6-15(19)17-8-9-20-4/h10,16H,5-9,11H2,1-4H3,(H,17,19). The molecular formula is C15H27N3O2. The highest BCUT2D eigenvalue weighted by molar-refractivity contribution is 5.76. The van der Waals surface area contributed by atoms with E-state index < -0.39 is 0 Å². The Hall–Kier alpha value is -1.33. The van der Waals surface area contributed by atoms with Crippen molar-refractivity contribution in [1.82, 2.24) is 15.2 Å². The summed E-state index contributed by atoms with van der Waals surface area (Å²) < 4.78 is 7.18. The minimum atomic E-state index is 0.0635. The molecule has 0 aliphatic heterocycles. The van der Waals surface area contributed by atoms with Gasteiger partial charge in [0.2, 0.25) is 5.91 Å². The first kappa shape index (κ1) is 16.7. The van der Waals surface area contributed by atoms with Gasteiger partial charge in [-0.3, -0.25) is 4.79 Å². The fraction of sp³-hybridized carbons (Fsp3) is 0.667. The van der Waals surface area contributed by atoms with Crippen LogP contribution in [0.2, 0.25) is 0 Å². The summed E-state index contributed by atoms with van der Waals surface area (Å²) in [4.78, 5) is 11.5. The van der Waals surface area contributed by atoms with Crippen molar-refractivity contribution >= 4 is 5.91 Å². The van der Waals surface area contributed by atoms with Crippen molar-refractivity contribution in [3.63, 3.8) is 0 Å². The average Bonchev–Trinajstić information content (AvgIpc) is 2.69. The second kappa shape index (κ2) is 8.76. The monoisotopic (exact) mass is 281 g/mol.